The van der Waals surface area contributed by atoms with Gasteiger partial charge >= 0.3 is 0 Å². The SMILES string of the molecule is c1cc(-c2conn2)no1. The highest BCUT2D eigenvalue weighted by Gasteiger charge is 2.03. The molecule has 5 heteroatoms. The highest BCUT2D eigenvalue weighted by molar-refractivity contribution is 5.49. The largest absolute Gasteiger partial charge is 0.364 e. The maximum absolute atomic E-state index is 4.58. The molecule has 0 saturated heterocycles. The second kappa shape index (κ2) is 1.94. The van der Waals surface area contributed by atoms with Gasteiger partial charge in [0.15, 0.2) is 12.0 Å². The molecule has 10 heavy (non-hydrogen) atoms. The molecule has 0 aliphatic carbocycles. The van der Waals surface area contributed by atoms with Crippen molar-refractivity contribution in [1.82, 2.24) is 15.5 Å². The number of nitrogens with zero attached hydrogens (tertiary/aromatic N) is 3. The molecule has 0 atom stereocenters. The average Bonchev–Trinajstić information content (AvgIpc) is 2.59. The fourth-order valence-corrected chi connectivity index (χ4v) is 0.621. The van der Waals surface area contributed by atoms with Gasteiger partial charge < -0.3 is 9.05 Å². The molecule has 0 aromatic carbocycles. The first-order valence-corrected chi connectivity index (χ1v) is 2.64. The third-order valence-corrected chi connectivity index (χ3v) is 1.06. The lowest BCUT2D eigenvalue weighted by Crippen LogP contribution is -1.74. The van der Waals surface area contributed by atoms with E-state index in [1.54, 1.807) is 6.07 Å². The van der Waals surface area contributed by atoms with E-state index in [-0.39, 0.29) is 0 Å². The van der Waals surface area contributed by atoms with Gasteiger partial charge in [-0.1, -0.05) is 5.16 Å². The summed E-state index contributed by atoms with van der Waals surface area (Å²) in [7, 11) is 0. The van der Waals surface area contributed by atoms with Crippen molar-refractivity contribution in [2.75, 3.05) is 0 Å². The van der Waals surface area contributed by atoms with Crippen LogP contribution in [0.1, 0.15) is 0 Å². The van der Waals surface area contributed by atoms with Crippen molar-refractivity contribution >= 4 is 0 Å². The van der Waals surface area contributed by atoms with E-state index in [1.165, 1.54) is 12.5 Å². The second-order valence-electron chi connectivity index (χ2n) is 1.67. The molecule has 0 unspecified atom stereocenters. The van der Waals surface area contributed by atoms with Crippen LogP contribution in [0.15, 0.2) is 27.6 Å². The Morgan fingerprint density at radius 3 is 2.80 bits per heavy atom. The van der Waals surface area contributed by atoms with Crippen LogP contribution in [0.2, 0.25) is 0 Å². The number of hydrogen-bond donors (Lipinski definition) is 0. The van der Waals surface area contributed by atoms with Gasteiger partial charge in [0, 0.05) is 11.3 Å². The first-order chi connectivity index (χ1) is 4.97. The summed E-state index contributed by atoms with van der Waals surface area (Å²) in [6.07, 6.45) is 2.86. The van der Waals surface area contributed by atoms with Crippen LogP contribution in [0.3, 0.4) is 0 Å². The van der Waals surface area contributed by atoms with Crippen LogP contribution >= 0.6 is 0 Å². The van der Waals surface area contributed by atoms with E-state index in [0.717, 1.165) is 0 Å². The van der Waals surface area contributed by atoms with Gasteiger partial charge in [-0.15, -0.1) is 5.10 Å². The average molecular weight is 137 g/mol. The van der Waals surface area contributed by atoms with Crippen LogP contribution in [-0.4, -0.2) is 15.5 Å². The van der Waals surface area contributed by atoms with Crippen molar-refractivity contribution in [2.45, 2.75) is 0 Å². The van der Waals surface area contributed by atoms with E-state index in [4.69, 9.17) is 0 Å². The summed E-state index contributed by atoms with van der Waals surface area (Å²) in [5.74, 6) is 0. The smallest absolute Gasteiger partial charge is 0.156 e. The predicted octanol–water partition coefficient (Wildman–Crippen LogP) is 0.725. The zero-order chi connectivity index (χ0) is 6.81. The summed E-state index contributed by atoms with van der Waals surface area (Å²) in [5.41, 5.74) is 1.20. The van der Waals surface area contributed by atoms with E-state index >= 15 is 0 Å². The highest BCUT2D eigenvalue weighted by Crippen LogP contribution is 2.11. The molecular weight excluding hydrogens is 134 g/mol. The van der Waals surface area contributed by atoms with Gasteiger partial charge in [-0.2, -0.15) is 0 Å². The third kappa shape index (κ3) is 0.680. The lowest BCUT2D eigenvalue weighted by molar-refractivity contribution is 0.393. The molecule has 50 valence electrons. The number of rotatable bonds is 1. The van der Waals surface area contributed by atoms with E-state index < -0.39 is 0 Å². The fraction of sp³-hybridized carbons (Fsp3) is 0. The van der Waals surface area contributed by atoms with Crippen molar-refractivity contribution in [3.63, 3.8) is 0 Å². The van der Waals surface area contributed by atoms with Gasteiger partial charge in [0.25, 0.3) is 0 Å². The van der Waals surface area contributed by atoms with Crippen molar-refractivity contribution in [2.24, 2.45) is 0 Å². The van der Waals surface area contributed by atoms with Gasteiger partial charge in [0.05, 0.1) is 0 Å². The maximum atomic E-state index is 4.58. The van der Waals surface area contributed by atoms with Crippen molar-refractivity contribution in [1.29, 1.82) is 0 Å². The molecule has 0 fully saturated rings. The van der Waals surface area contributed by atoms with Crippen LogP contribution in [0.5, 0.6) is 0 Å². The van der Waals surface area contributed by atoms with E-state index in [1.807, 2.05) is 0 Å². The van der Waals surface area contributed by atoms with Crippen molar-refractivity contribution in [3.8, 4) is 11.4 Å². The Labute approximate surface area is 55.6 Å². The Morgan fingerprint density at radius 1 is 1.20 bits per heavy atom. The number of hydrogen-bond acceptors (Lipinski definition) is 5. The van der Waals surface area contributed by atoms with Gasteiger partial charge in [0.1, 0.15) is 12.0 Å². The summed E-state index contributed by atoms with van der Waals surface area (Å²) < 4.78 is 9.07. The Morgan fingerprint density at radius 2 is 2.20 bits per heavy atom. The quantitative estimate of drug-likeness (QED) is 0.579. The fourth-order valence-electron chi connectivity index (χ4n) is 0.621. The minimum Gasteiger partial charge on any atom is -0.364 e. The summed E-state index contributed by atoms with van der Waals surface area (Å²) in [6, 6.07) is 1.68. The molecule has 0 N–H and O–H groups in total. The molecule has 0 bridgehead atoms. The molecule has 2 rings (SSSR count). The zero-order valence-electron chi connectivity index (χ0n) is 4.89. The zero-order valence-corrected chi connectivity index (χ0v) is 4.89. The molecule has 0 amide bonds. The van der Waals surface area contributed by atoms with Crippen LogP contribution in [-0.2, 0) is 0 Å². The van der Waals surface area contributed by atoms with Gasteiger partial charge in [0.2, 0.25) is 0 Å². The number of aromatic nitrogens is 3. The Bertz CT molecular complexity index is 254. The van der Waals surface area contributed by atoms with Gasteiger partial charge in [-0.3, -0.25) is 0 Å². The molecule has 0 spiro atoms. The highest BCUT2D eigenvalue weighted by atomic mass is 16.5. The first kappa shape index (κ1) is 5.16. The summed E-state index contributed by atoms with van der Waals surface area (Å²) in [4.78, 5) is 0. The minimum absolute atomic E-state index is 0.578. The van der Waals surface area contributed by atoms with Crippen LogP contribution < -0.4 is 0 Å². The van der Waals surface area contributed by atoms with E-state index in [0.29, 0.717) is 11.4 Å². The molecule has 0 aliphatic rings. The molecule has 0 aliphatic heterocycles. The van der Waals surface area contributed by atoms with Crippen LogP contribution in [0, 0.1) is 0 Å². The monoisotopic (exact) mass is 137 g/mol. The summed E-state index contributed by atoms with van der Waals surface area (Å²) >= 11 is 0. The molecular formula is C5H3N3O2. The lowest BCUT2D eigenvalue weighted by Gasteiger charge is -1.76. The molecule has 2 aromatic rings. The van der Waals surface area contributed by atoms with Crippen LogP contribution in [0.4, 0.5) is 0 Å². The van der Waals surface area contributed by atoms with Gasteiger partial charge in [-0.25, -0.2) is 0 Å². The standard InChI is InChI=1S/C5H3N3O2/c1-2-9-7-4(1)5-3-10-8-6-5/h1-3H. The molecule has 2 aromatic heterocycles. The third-order valence-electron chi connectivity index (χ3n) is 1.06. The first-order valence-electron chi connectivity index (χ1n) is 2.64. The van der Waals surface area contributed by atoms with Crippen LogP contribution in [0.25, 0.3) is 11.4 Å². The second-order valence-corrected chi connectivity index (χ2v) is 1.67. The summed E-state index contributed by atoms with van der Waals surface area (Å²) in [5, 5.41) is 10.5. The molecule has 0 radical (unpaired) electrons. The lowest BCUT2D eigenvalue weighted by atomic mass is 10.3. The van der Waals surface area contributed by atoms with E-state index in [9.17, 15) is 0 Å². The maximum Gasteiger partial charge on any atom is 0.156 e. The van der Waals surface area contributed by atoms with Gasteiger partial charge in [-0.05, 0) is 0 Å². The molecule has 2 heterocycles. The topological polar surface area (TPSA) is 65.0 Å². The van der Waals surface area contributed by atoms with E-state index in [2.05, 4.69) is 24.6 Å². The predicted molar refractivity (Wildman–Crippen MR) is 29.8 cm³/mol. The molecule has 0 saturated carbocycles. The minimum atomic E-state index is 0.578. The molecule has 5 nitrogen and oxygen atoms in total. The van der Waals surface area contributed by atoms with Crippen molar-refractivity contribution < 1.29 is 9.05 Å². The Hall–Kier alpha value is -1.65. The van der Waals surface area contributed by atoms with Crippen molar-refractivity contribution in [3.05, 3.63) is 18.6 Å². The Balaban J connectivity index is 2.48. The normalized spacial score (nSPS) is 10.0. The Kier molecular flexibility index (Phi) is 1.00. The summed E-state index contributed by atoms with van der Waals surface area (Å²) in [6.45, 7) is 0.